The number of amides is 2. The van der Waals surface area contributed by atoms with Crippen molar-refractivity contribution in [2.45, 2.75) is 31.8 Å². The largest absolute Gasteiger partial charge is 0.495 e. The van der Waals surface area contributed by atoms with Crippen LogP contribution in [-0.2, 0) is 21.4 Å². The van der Waals surface area contributed by atoms with Gasteiger partial charge in [-0.25, -0.2) is 0 Å². The van der Waals surface area contributed by atoms with Gasteiger partial charge < -0.3 is 25.2 Å². The number of anilines is 2. The van der Waals surface area contributed by atoms with Gasteiger partial charge in [0.2, 0.25) is 11.8 Å². The van der Waals surface area contributed by atoms with E-state index >= 15 is 0 Å². The molecule has 1 heterocycles. The highest BCUT2D eigenvalue weighted by molar-refractivity contribution is 6.11. The van der Waals surface area contributed by atoms with E-state index in [-0.39, 0.29) is 6.42 Å². The van der Waals surface area contributed by atoms with Crippen molar-refractivity contribution in [1.29, 1.82) is 0 Å². The number of aliphatic hydroxyl groups is 1. The fraction of sp³-hybridized carbons (Fsp3) is 0.357. The Bertz CT molecular complexity index is 1360. The molecule has 1 saturated carbocycles. The van der Waals surface area contributed by atoms with E-state index in [0.29, 0.717) is 34.1 Å². The molecule has 0 aliphatic heterocycles. The summed E-state index contributed by atoms with van der Waals surface area (Å²) in [6.45, 7) is 3.24. The fourth-order valence-corrected chi connectivity index (χ4v) is 5.23. The van der Waals surface area contributed by atoms with E-state index < -0.39 is 41.0 Å². The van der Waals surface area contributed by atoms with E-state index in [4.69, 9.17) is 9.47 Å². The van der Waals surface area contributed by atoms with Gasteiger partial charge in [0.05, 0.1) is 43.3 Å². The smallest absolute Gasteiger partial charge is 0.235 e. The molecule has 10 heteroatoms. The topological polar surface area (TPSA) is 132 Å². The second kappa shape index (κ2) is 10.7. The third-order valence-electron chi connectivity index (χ3n) is 7.19. The van der Waals surface area contributed by atoms with E-state index in [0.717, 1.165) is 0 Å². The lowest BCUT2D eigenvalue weighted by Gasteiger charge is -2.44. The molecule has 1 aromatic heterocycles. The maximum absolute atomic E-state index is 13.9. The molecule has 1 aliphatic rings. The van der Waals surface area contributed by atoms with Gasteiger partial charge in [-0.05, 0) is 43.7 Å². The normalized spacial score (nSPS) is 23.0. The SMILES string of the molecule is COc1ccccc1NC(=O)[C@@H]1C(=O)C[C@](C)(O)[C@@H](C(=O)Nc2ccccc2OC)[C@@H]1c1cnn(C)c1C. The monoisotopic (exact) mass is 520 g/mol. The fourth-order valence-electron chi connectivity index (χ4n) is 5.23. The Morgan fingerprint density at radius 1 is 1.00 bits per heavy atom. The number of nitrogens with zero attached hydrogens (tertiary/aromatic N) is 2. The van der Waals surface area contributed by atoms with Crippen LogP contribution < -0.4 is 20.1 Å². The van der Waals surface area contributed by atoms with Gasteiger partial charge in [-0.2, -0.15) is 5.10 Å². The Balaban J connectivity index is 1.80. The number of rotatable bonds is 7. The lowest BCUT2D eigenvalue weighted by molar-refractivity contribution is -0.150. The molecule has 200 valence electrons. The Labute approximate surface area is 220 Å². The molecule has 2 amide bonds. The molecule has 10 nitrogen and oxygen atoms in total. The first-order valence-corrected chi connectivity index (χ1v) is 12.2. The number of carbonyl (C=O) groups is 3. The van der Waals surface area contributed by atoms with E-state index in [1.54, 1.807) is 73.4 Å². The zero-order valence-corrected chi connectivity index (χ0v) is 22.0. The van der Waals surface area contributed by atoms with Crippen LogP contribution in [0.5, 0.6) is 11.5 Å². The molecular formula is C28H32N4O6. The maximum atomic E-state index is 13.9. The van der Waals surface area contributed by atoms with Crippen LogP contribution in [0.1, 0.15) is 30.5 Å². The molecule has 3 N–H and O–H groups in total. The number of para-hydroxylation sites is 4. The van der Waals surface area contributed by atoms with Gasteiger partial charge in [0.1, 0.15) is 23.2 Å². The van der Waals surface area contributed by atoms with Gasteiger partial charge >= 0.3 is 0 Å². The lowest BCUT2D eigenvalue weighted by atomic mass is 9.61. The van der Waals surface area contributed by atoms with Crippen molar-refractivity contribution in [2.75, 3.05) is 24.9 Å². The van der Waals surface area contributed by atoms with Crippen LogP contribution in [0, 0.1) is 18.8 Å². The van der Waals surface area contributed by atoms with Crippen molar-refractivity contribution in [1.82, 2.24) is 9.78 Å². The van der Waals surface area contributed by atoms with Crippen molar-refractivity contribution in [3.8, 4) is 11.5 Å². The first kappa shape index (κ1) is 26.9. The summed E-state index contributed by atoms with van der Waals surface area (Å²) in [5, 5.41) is 21.4. The summed E-state index contributed by atoms with van der Waals surface area (Å²) in [6.07, 6.45) is 1.16. The van der Waals surface area contributed by atoms with Crippen molar-refractivity contribution in [3.05, 3.63) is 66.0 Å². The average Bonchev–Trinajstić information content (AvgIpc) is 3.21. The summed E-state index contributed by atoms with van der Waals surface area (Å²) in [5.74, 6) is -4.18. The summed E-state index contributed by atoms with van der Waals surface area (Å²) < 4.78 is 12.3. The van der Waals surface area contributed by atoms with E-state index in [9.17, 15) is 19.5 Å². The standard InChI is InChI=1S/C28H32N4O6/c1-16-17(15-29-32(16)3)23-24(26(34)30-18-10-6-8-12-21(18)37-4)20(33)14-28(2,36)25(23)27(35)31-19-11-7-9-13-22(19)38-5/h6-13,15,23-25,36H,14H2,1-5H3,(H,30,34)(H,31,35)/t23-,24-,25-,28+/m1/s1. The van der Waals surface area contributed by atoms with Gasteiger partial charge in [0.15, 0.2) is 0 Å². The first-order valence-electron chi connectivity index (χ1n) is 12.2. The minimum atomic E-state index is -1.74. The average molecular weight is 521 g/mol. The van der Waals surface area contributed by atoms with E-state index in [1.807, 2.05) is 0 Å². The molecule has 0 saturated heterocycles. The molecule has 4 rings (SSSR count). The number of carbonyl (C=O) groups excluding carboxylic acids is 3. The molecule has 2 aromatic carbocycles. The van der Waals surface area contributed by atoms with Gasteiger partial charge in [-0.3, -0.25) is 19.1 Å². The van der Waals surface area contributed by atoms with Crippen molar-refractivity contribution in [2.24, 2.45) is 18.9 Å². The highest BCUT2D eigenvalue weighted by Crippen LogP contribution is 2.47. The Hall–Kier alpha value is -4.18. The summed E-state index contributed by atoms with van der Waals surface area (Å²) in [4.78, 5) is 41.1. The van der Waals surface area contributed by atoms with Crippen molar-refractivity contribution in [3.63, 3.8) is 0 Å². The van der Waals surface area contributed by atoms with Crippen LogP contribution in [0.2, 0.25) is 0 Å². The number of benzene rings is 2. The predicted molar refractivity (Wildman–Crippen MR) is 141 cm³/mol. The number of nitrogens with one attached hydrogen (secondary N) is 2. The van der Waals surface area contributed by atoms with Crippen LogP contribution in [0.3, 0.4) is 0 Å². The highest BCUT2D eigenvalue weighted by atomic mass is 16.5. The van der Waals surface area contributed by atoms with Crippen LogP contribution >= 0.6 is 0 Å². The van der Waals surface area contributed by atoms with Crippen molar-refractivity contribution >= 4 is 29.0 Å². The quantitative estimate of drug-likeness (QED) is 0.408. The van der Waals surface area contributed by atoms with Crippen molar-refractivity contribution < 1.29 is 29.0 Å². The molecule has 3 aromatic rings. The van der Waals surface area contributed by atoms with Gasteiger partial charge in [0, 0.05) is 25.1 Å². The molecule has 1 aliphatic carbocycles. The third kappa shape index (κ3) is 4.99. The molecule has 0 bridgehead atoms. The zero-order chi connectivity index (χ0) is 27.6. The summed E-state index contributed by atoms with van der Waals surface area (Å²) in [5.41, 5.74) is 0.259. The molecule has 1 fully saturated rings. The minimum Gasteiger partial charge on any atom is -0.495 e. The molecule has 0 radical (unpaired) electrons. The Kier molecular flexibility index (Phi) is 7.54. The summed E-state index contributed by atoms with van der Waals surface area (Å²) >= 11 is 0. The second-order valence-corrected chi connectivity index (χ2v) is 9.67. The number of aryl methyl sites for hydroxylation is 1. The summed E-state index contributed by atoms with van der Waals surface area (Å²) in [6, 6.07) is 13.7. The zero-order valence-electron chi connectivity index (χ0n) is 22.0. The predicted octanol–water partition coefficient (Wildman–Crippen LogP) is 3.06. The molecule has 4 atom stereocenters. The number of hydrogen-bond donors (Lipinski definition) is 3. The van der Waals surface area contributed by atoms with Gasteiger partial charge in [0.25, 0.3) is 0 Å². The maximum Gasteiger partial charge on any atom is 0.235 e. The number of aromatic nitrogens is 2. The summed E-state index contributed by atoms with van der Waals surface area (Å²) in [7, 11) is 4.70. The molecule has 0 unspecified atom stereocenters. The Morgan fingerprint density at radius 2 is 1.53 bits per heavy atom. The Morgan fingerprint density at radius 3 is 2.03 bits per heavy atom. The third-order valence-corrected chi connectivity index (χ3v) is 7.19. The van der Waals surface area contributed by atoms with Crippen LogP contribution in [0.25, 0.3) is 0 Å². The second-order valence-electron chi connectivity index (χ2n) is 9.67. The van der Waals surface area contributed by atoms with Gasteiger partial charge in [-0.15, -0.1) is 0 Å². The minimum absolute atomic E-state index is 0.378. The molecule has 38 heavy (non-hydrogen) atoms. The number of ether oxygens (including phenoxy) is 2. The van der Waals surface area contributed by atoms with Gasteiger partial charge in [-0.1, -0.05) is 24.3 Å². The molecule has 0 spiro atoms. The lowest BCUT2D eigenvalue weighted by Crippen LogP contribution is -2.56. The van der Waals surface area contributed by atoms with Crippen LogP contribution in [0.4, 0.5) is 11.4 Å². The van der Waals surface area contributed by atoms with Crippen LogP contribution in [0.15, 0.2) is 54.7 Å². The van der Waals surface area contributed by atoms with E-state index in [2.05, 4.69) is 15.7 Å². The highest BCUT2D eigenvalue weighted by Gasteiger charge is 2.56. The number of methoxy groups -OCH3 is 2. The molecular weight excluding hydrogens is 488 g/mol. The number of Topliss-reactive ketones (excluding diaryl/α,β-unsaturated/α-hetero) is 1. The van der Waals surface area contributed by atoms with Crippen LogP contribution in [-0.4, -0.2) is 52.3 Å². The van der Waals surface area contributed by atoms with E-state index in [1.165, 1.54) is 21.1 Å². The number of ketones is 1. The number of hydrogen-bond acceptors (Lipinski definition) is 7. The first-order chi connectivity index (χ1) is 18.1.